The van der Waals surface area contributed by atoms with Crippen LogP contribution in [-0.2, 0) is 4.74 Å². The van der Waals surface area contributed by atoms with Crippen molar-refractivity contribution in [3.8, 4) is 6.07 Å². The van der Waals surface area contributed by atoms with Gasteiger partial charge in [-0.2, -0.15) is 5.26 Å². The third kappa shape index (κ3) is 2.57. The molecule has 17 heavy (non-hydrogen) atoms. The van der Waals surface area contributed by atoms with E-state index in [1.807, 2.05) is 25.1 Å². The topological polar surface area (TPSA) is 62.3 Å². The number of ether oxygens (including phenoxy) is 1. The second-order valence-corrected chi connectivity index (χ2v) is 4.28. The van der Waals surface area contributed by atoms with Crippen molar-refractivity contribution < 1.29 is 4.74 Å². The Bertz CT molecular complexity index is 425. The average Bonchev–Trinajstić information content (AvgIpc) is 2.39. The van der Waals surface area contributed by atoms with Crippen LogP contribution in [-0.4, -0.2) is 25.8 Å². The molecule has 2 rings (SSSR count). The Hall–Kier alpha value is -1.57. The van der Waals surface area contributed by atoms with Crippen LogP contribution < -0.4 is 10.6 Å². The van der Waals surface area contributed by atoms with Gasteiger partial charge in [0.1, 0.15) is 0 Å². The molecule has 0 aliphatic carbocycles. The summed E-state index contributed by atoms with van der Waals surface area (Å²) in [6.07, 6.45) is -0.343. The van der Waals surface area contributed by atoms with Crippen molar-refractivity contribution in [3.05, 3.63) is 29.8 Å². The summed E-state index contributed by atoms with van der Waals surface area (Å²) in [5.74, 6) is 0. The van der Waals surface area contributed by atoms with E-state index in [9.17, 15) is 0 Å². The number of rotatable bonds is 2. The third-order valence-electron chi connectivity index (χ3n) is 2.98. The number of para-hydroxylation sites is 1. The van der Waals surface area contributed by atoms with Gasteiger partial charge in [0.25, 0.3) is 0 Å². The Labute approximate surface area is 102 Å². The molecule has 1 aliphatic rings. The van der Waals surface area contributed by atoms with E-state index in [-0.39, 0.29) is 12.1 Å². The van der Waals surface area contributed by atoms with Gasteiger partial charge in [0.15, 0.2) is 6.10 Å². The number of anilines is 1. The van der Waals surface area contributed by atoms with E-state index in [4.69, 9.17) is 15.7 Å². The van der Waals surface area contributed by atoms with Crippen molar-refractivity contribution in [2.75, 3.05) is 24.6 Å². The molecule has 4 heteroatoms. The van der Waals surface area contributed by atoms with Gasteiger partial charge in [0.2, 0.25) is 0 Å². The molecule has 0 aromatic heterocycles. The van der Waals surface area contributed by atoms with Gasteiger partial charge in [-0.3, -0.25) is 0 Å². The maximum atomic E-state index is 8.91. The molecule has 2 atom stereocenters. The lowest BCUT2D eigenvalue weighted by Gasteiger charge is -2.33. The quantitative estimate of drug-likeness (QED) is 0.836. The molecule has 1 aromatic carbocycles. The van der Waals surface area contributed by atoms with Gasteiger partial charge in [-0.05, 0) is 18.6 Å². The molecule has 0 radical (unpaired) electrons. The highest BCUT2D eigenvalue weighted by atomic mass is 16.5. The highest BCUT2D eigenvalue weighted by Gasteiger charge is 2.22. The molecule has 90 valence electrons. The number of hydrogen-bond donors (Lipinski definition) is 1. The number of hydrogen-bond acceptors (Lipinski definition) is 4. The zero-order chi connectivity index (χ0) is 12.3. The lowest BCUT2D eigenvalue weighted by molar-refractivity contribution is 0.0764. The van der Waals surface area contributed by atoms with Gasteiger partial charge in [0, 0.05) is 18.3 Å². The predicted molar refractivity (Wildman–Crippen MR) is 66.6 cm³/mol. The highest BCUT2D eigenvalue weighted by molar-refractivity contribution is 5.55. The fourth-order valence-electron chi connectivity index (χ4n) is 2.11. The second kappa shape index (κ2) is 5.17. The van der Waals surface area contributed by atoms with Crippen molar-refractivity contribution in [1.29, 1.82) is 5.26 Å². The minimum atomic E-state index is -0.343. The SMILES string of the molecule is CC(N)c1ccccc1N1CCOC(C#N)C1. The van der Waals surface area contributed by atoms with Gasteiger partial charge >= 0.3 is 0 Å². The molecule has 1 heterocycles. The van der Waals surface area contributed by atoms with E-state index in [1.54, 1.807) is 0 Å². The summed E-state index contributed by atoms with van der Waals surface area (Å²) in [6.45, 7) is 3.98. The van der Waals surface area contributed by atoms with E-state index < -0.39 is 0 Å². The maximum Gasteiger partial charge on any atom is 0.161 e. The normalized spacial score (nSPS) is 21.9. The Kier molecular flexibility index (Phi) is 3.62. The van der Waals surface area contributed by atoms with Gasteiger partial charge in [-0.1, -0.05) is 18.2 Å². The summed E-state index contributed by atoms with van der Waals surface area (Å²) >= 11 is 0. The van der Waals surface area contributed by atoms with E-state index in [1.165, 1.54) is 0 Å². The van der Waals surface area contributed by atoms with Crippen LogP contribution in [0.15, 0.2) is 24.3 Å². The monoisotopic (exact) mass is 231 g/mol. The van der Waals surface area contributed by atoms with Gasteiger partial charge in [0.05, 0.1) is 19.2 Å². The first-order valence-electron chi connectivity index (χ1n) is 5.83. The van der Waals surface area contributed by atoms with Crippen molar-refractivity contribution >= 4 is 5.69 Å². The number of nitrogens with zero attached hydrogens (tertiary/aromatic N) is 2. The van der Waals surface area contributed by atoms with Crippen LogP contribution >= 0.6 is 0 Å². The molecule has 2 N–H and O–H groups in total. The van der Waals surface area contributed by atoms with Gasteiger partial charge < -0.3 is 15.4 Å². The van der Waals surface area contributed by atoms with Crippen molar-refractivity contribution in [3.63, 3.8) is 0 Å². The molecule has 2 unspecified atom stereocenters. The summed E-state index contributed by atoms with van der Waals surface area (Å²) in [5.41, 5.74) is 8.20. The van der Waals surface area contributed by atoms with Crippen molar-refractivity contribution in [2.24, 2.45) is 5.73 Å². The zero-order valence-electron chi connectivity index (χ0n) is 9.97. The van der Waals surface area contributed by atoms with Crippen LogP contribution in [0.4, 0.5) is 5.69 Å². The molecule has 0 spiro atoms. The molecule has 0 bridgehead atoms. The summed E-state index contributed by atoms with van der Waals surface area (Å²) in [7, 11) is 0. The number of nitriles is 1. The molecule has 1 saturated heterocycles. The lowest BCUT2D eigenvalue weighted by atomic mass is 10.1. The molecular weight excluding hydrogens is 214 g/mol. The standard InChI is InChI=1S/C13H17N3O/c1-10(15)12-4-2-3-5-13(12)16-6-7-17-11(8-14)9-16/h2-5,10-11H,6-7,9,15H2,1H3. The highest BCUT2D eigenvalue weighted by Crippen LogP contribution is 2.26. The van der Waals surface area contributed by atoms with Crippen molar-refractivity contribution in [1.82, 2.24) is 0 Å². The summed E-state index contributed by atoms with van der Waals surface area (Å²) < 4.78 is 5.35. The molecule has 4 nitrogen and oxygen atoms in total. The summed E-state index contributed by atoms with van der Waals surface area (Å²) in [4.78, 5) is 2.18. The minimum Gasteiger partial charge on any atom is -0.365 e. The van der Waals surface area contributed by atoms with Crippen LogP contribution in [0.25, 0.3) is 0 Å². The lowest BCUT2D eigenvalue weighted by Crippen LogP contribution is -2.42. The van der Waals surface area contributed by atoms with Crippen LogP contribution in [0.2, 0.25) is 0 Å². The summed E-state index contributed by atoms with van der Waals surface area (Å²) in [5, 5.41) is 8.91. The molecule has 1 aromatic rings. The van der Waals surface area contributed by atoms with Crippen LogP contribution in [0.5, 0.6) is 0 Å². The fourth-order valence-corrected chi connectivity index (χ4v) is 2.11. The van der Waals surface area contributed by atoms with E-state index >= 15 is 0 Å². The van der Waals surface area contributed by atoms with Crippen LogP contribution in [0, 0.1) is 11.3 Å². The maximum absolute atomic E-state index is 8.91. The summed E-state index contributed by atoms with van der Waals surface area (Å²) in [6, 6.07) is 10.2. The molecule has 0 saturated carbocycles. The third-order valence-corrected chi connectivity index (χ3v) is 2.98. The first kappa shape index (κ1) is 11.9. The molecular formula is C13H17N3O. The second-order valence-electron chi connectivity index (χ2n) is 4.28. The Morgan fingerprint density at radius 3 is 3.00 bits per heavy atom. The van der Waals surface area contributed by atoms with Crippen LogP contribution in [0.3, 0.4) is 0 Å². The predicted octanol–water partition coefficient (Wildman–Crippen LogP) is 1.44. The molecule has 0 amide bonds. The number of nitrogens with two attached hydrogens (primary N) is 1. The molecule has 1 aliphatic heterocycles. The Balaban J connectivity index is 2.25. The first-order chi connectivity index (χ1) is 8.22. The van der Waals surface area contributed by atoms with E-state index in [2.05, 4.69) is 17.0 Å². The van der Waals surface area contributed by atoms with Crippen molar-refractivity contribution in [2.45, 2.75) is 19.1 Å². The zero-order valence-corrected chi connectivity index (χ0v) is 9.97. The minimum absolute atomic E-state index is 0.00502. The molecule has 1 fully saturated rings. The number of morpholine rings is 1. The number of benzene rings is 1. The Morgan fingerprint density at radius 1 is 1.53 bits per heavy atom. The fraction of sp³-hybridized carbons (Fsp3) is 0.462. The van der Waals surface area contributed by atoms with Crippen LogP contribution in [0.1, 0.15) is 18.5 Å². The largest absolute Gasteiger partial charge is 0.365 e. The first-order valence-corrected chi connectivity index (χ1v) is 5.83. The van der Waals surface area contributed by atoms with E-state index in [0.717, 1.165) is 17.8 Å². The van der Waals surface area contributed by atoms with Gasteiger partial charge in [-0.25, -0.2) is 0 Å². The van der Waals surface area contributed by atoms with E-state index in [0.29, 0.717) is 13.2 Å². The average molecular weight is 231 g/mol. The smallest absolute Gasteiger partial charge is 0.161 e. The Morgan fingerprint density at radius 2 is 2.29 bits per heavy atom. The van der Waals surface area contributed by atoms with Gasteiger partial charge in [-0.15, -0.1) is 0 Å².